The van der Waals surface area contributed by atoms with Gasteiger partial charge in [-0.3, -0.25) is 4.79 Å². The molecule has 1 amide bonds. The Morgan fingerprint density at radius 1 is 1.18 bits per heavy atom. The first-order valence-corrected chi connectivity index (χ1v) is 10.1. The van der Waals surface area contributed by atoms with Gasteiger partial charge in [0, 0.05) is 6.42 Å². The summed E-state index contributed by atoms with van der Waals surface area (Å²) in [6.07, 6.45) is -3.07. The minimum Gasteiger partial charge on any atom is -0.339 e. The largest absolute Gasteiger partial charge is 0.416 e. The van der Waals surface area contributed by atoms with Crippen LogP contribution in [0.1, 0.15) is 38.2 Å². The zero-order valence-electron chi connectivity index (χ0n) is 14.6. The predicted octanol–water partition coefficient (Wildman–Crippen LogP) is 6.04. The number of thiocarbonyl (C=S) groups is 1. The van der Waals surface area contributed by atoms with E-state index in [4.69, 9.17) is 58.6 Å². The summed E-state index contributed by atoms with van der Waals surface area (Å²) >= 11 is 28.5. The molecule has 158 valence electrons. The van der Waals surface area contributed by atoms with Crippen molar-refractivity contribution in [2.75, 3.05) is 5.32 Å². The number of nitrogens with one attached hydrogen (secondary N) is 3. The minimum absolute atomic E-state index is 0.00573. The van der Waals surface area contributed by atoms with Crippen molar-refractivity contribution >= 4 is 75.3 Å². The first kappa shape index (κ1) is 25.4. The molecule has 0 aliphatic rings. The van der Waals surface area contributed by atoms with Crippen LogP contribution in [0.3, 0.4) is 0 Å². The van der Waals surface area contributed by atoms with E-state index in [1.54, 1.807) is 0 Å². The smallest absolute Gasteiger partial charge is 0.339 e. The lowest BCUT2D eigenvalue weighted by atomic mass is 10.2. The van der Waals surface area contributed by atoms with E-state index in [0.29, 0.717) is 6.42 Å². The predicted molar refractivity (Wildman–Crippen MR) is 112 cm³/mol. The molecule has 1 aromatic carbocycles. The van der Waals surface area contributed by atoms with E-state index in [1.165, 1.54) is 0 Å². The summed E-state index contributed by atoms with van der Waals surface area (Å²) in [5.41, 5.74) is -1.00. The molecule has 0 aromatic heterocycles. The van der Waals surface area contributed by atoms with E-state index < -0.39 is 21.7 Å². The molecule has 0 bridgehead atoms. The highest BCUT2D eigenvalue weighted by Gasteiger charge is 2.35. The number of rotatable bonds is 7. The number of amides is 1. The van der Waals surface area contributed by atoms with Gasteiger partial charge in [0.15, 0.2) is 5.11 Å². The lowest BCUT2D eigenvalue weighted by Crippen LogP contribution is -2.56. The second kappa shape index (κ2) is 10.9. The van der Waals surface area contributed by atoms with Crippen LogP contribution >= 0.6 is 58.6 Å². The standard InChI is InChI=1S/C16H18Cl4F3N3OS/c1-2-3-4-5-12(27)25-13(15(18,19)20)26-14(28)24-11-8-9(16(21,22)23)6-7-10(11)17/h6-8,13H,2-5H2,1H3,(H,25,27)(H2,24,26,28)/t13-/m1/s1. The summed E-state index contributed by atoms with van der Waals surface area (Å²) < 4.78 is 36.6. The van der Waals surface area contributed by atoms with Gasteiger partial charge in [-0.05, 0) is 36.8 Å². The van der Waals surface area contributed by atoms with Gasteiger partial charge in [-0.15, -0.1) is 0 Å². The van der Waals surface area contributed by atoms with E-state index >= 15 is 0 Å². The molecule has 0 saturated heterocycles. The number of unbranched alkanes of at least 4 members (excludes halogenated alkanes) is 2. The van der Waals surface area contributed by atoms with Gasteiger partial charge in [0.2, 0.25) is 9.70 Å². The summed E-state index contributed by atoms with van der Waals surface area (Å²) in [6, 6.07) is 2.71. The van der Waals surface area contributed by atoms with Crippen molar-refractivity contribution in [2.24, 2.45) is 0 Å². The molecule has 28 heavy (non-hydrogen) atoms. The summed E-state index contributed by atoms with van der Waals surface area (Å²) in [4.78, 5) is 12.0. The molecule has 4 nitrogen and oxygen atoms in total. The Hall–Kier alpha value is -0.670. The third-order valence-electron chi connectivity index (χ3n) is 3.46. The fourth-order valence-corrected chi connectivity index (χ4v) is 2.78. The molecule has 0 fully saturated rings. The van der Waals surface area contributed by atoms with Crippen molar-refractivity contribution in [1.82, 2.24) is 10.6 Å². The molecule has 1 rings (SSSR count). The van der Waals surface area contributed by atoms with Gasteiger partial charge in [0.1, 0.15) is 6.17 Å². The van der Waals surface area contributed by atoms with Crippen molar-refractivity contribution in [2.45, 2.75) is 48.7 Å². The van der Waals surface area contributed by atoms with Crippen LogP contribution in [0.5, 0.6) is 0 Å². The molecule has 0 aliphatic heterocycles. The Balaban J connectivity index is 2.83. The molecule has 3 N–H and O–H groups in total. The third-order valence-corrected chi connectivity index (χ3v) is 4.66. The van der Waals surface area contributed by atoms with Crippen LogP contribution in [0.15, 0.2) is 18.2 Å². The maximum absolute atomic E-state index is 12.9. The number of halogens is 7. The van der Waals surface area contributed by atoms with E-state index in [-0.39, 0.29) is 28.2 Å². The Labute approximate surface area is 186 Å². The number of hydrogen-bond acceptors (Lipinski definition) is 2. The molecule has 1 aromatic rings. The van der Waals surface area contributed by atoms with Gasteiger partial charge in [-0.2, -0.15) is 13.2 Å². The lowest BCUT2D eigenvalue weighted by Gasteiger charge is -2.28. The van der Waals surface area contributed by atoms with Crippen LogP contribution in [-0.4, -0.2) is 21.0 Å². The van der Waals surface area contributed by atoms with E-state index in [2.05, 4.69) is 16.0 Å². The van der Waals surface area contributed by atoms with E-state index in [1.807, 2.05) is 6.92 Å². The number of hydrogen-bond donors (Lipinski definition) is 3. The Morgan fingerprint density at radius 2 is 1.82 bits per heavy atom. The van der Waals surface area contributed by atoms with Gasteiger partial charge in [0.25, 0.3) is 0 Å². The highest BCUT2D eigenvalue weighted by Crippen LogP contribution is 2.34. The Kier molecular flexibility index (Phi) is 9.89. The first-order valence-electron chi connectivity index (χ1n) is 8.15. The topological polar surface area (TPSA) is 53.2 Å². The van der Waals surface area contributed by atoms with Gasteiger partial charge >= 0.3 is 6.18 Å². The third kappa shape index (κ3) is 8.78. The zero-order valence-corrected chi connectivity index (χ0v) is 18.4. The second-order valence-corrected chi connectivity index (χ2v) is 8.97. The SMILES string of the molecule is CCCCCC(=O)N[C@H](NC(=S)Nc1cc(C(F)(F)F)ccc1Cl)C(Cl)(Cl)Cl. The molecular weight excluding hydrogens is 481 g/mol. The normalized spacial score (nSPS) is 13.0. The van der Waals surface area contributed by atoms with Crippen molar-refractivity contribution in [3.63, 3.8) is 0 Å². The van der Waals surface area contributed by atoms with Crippen LogP contribution in [0.25, 0.3) is 0 Å². The van der Waals surface area contributed by atoms with E-state index in [0.717, 1.165) is 31.0 Å². The average Bonchev–Trinajstić information content (AvgIpc) is 2.54. The number of carbonyl (C=O) groups excluding carboxylic acids is 1. The molecule has 0 unspecified atom stereocenters. The fraction of sp³-hybridized carbons (Fsp3) is 0.500. The number of carbonyl (C=O) groups is 1. The zero-order chi connectivity index (χ0) is 21.5. The van der Waals surface area contributed by atoms with Crippen LogP contribution in [-0.2, 0) is 11.0 Å². The van der Waals surface area contributed by atoms with Gasteiger partial charge in [-0.1, -0.05) is 66.2 Å². The highest BCUT2D eigenvalue weighted by molar-refractivity contribution is 7.80. The van der Waals surface area contributed by atoms with Crippen LogP contribution in [0, 0.1) is 0 Å². The molecule has 0 saturated carbocycles. The van der Waals surface area contributed by atoms with Crippen molar-refractivity contribution < 1.29 is 18.0 Å². The molecule has 0 spiro atoms. The minimum atomic E-state index is -4.55. The Bertz CT molecular complexity index is 699. The molecule has 0 radical (unpaired) electrons. The molecular formula is C16H18Cl4F3N3OS. The van der Waals surface area contributed by atoms with Gasteiger partial charge < -0.3 is 16.0 Å². The summed E-state index contributed by atoms with van der Waals surface area (Å²) in [7, 11) is 0. The number of anilines is 1. The molecule has 0 heterocycles. The number of alkyl halides is 6. The monoisotopic (exact) mass is 497 g/mol. The maximum atomic E-state index is 12.9. The van der Waals surface area contributed by atoms with Crippen molar-refractivity contribution in [3.8, 4) is 0 Å². The molecule has 12 heteroatoms. The summed E-state index contributed by atoms with van der Waals surface area (Å²) in [5, 5.41) is 7.39. The maximum Gasteiger partial charge on any atom is 0.416 e. The molecule has 0 aliphatic carbocycles. The Morgan fingerprint density at radius 3 is 2.36 bits per heavy atom. The van der Waals surface area contributed by atoms with Crippen LogP contribution in [0.4, 0.5) is 18.9 Å². The van der Waals surface area contributed by atoms with Gasteiger partial charge in [0.05, 0.1) is 16.3 Å². The first-order chi connectivity index (χ1) is 12.8. The van der Waals surface area contributed by atoms with E-state index in [9.17, 15) is 18.0 Å². The van der Waals surface area contributed by atoms with Gasteiger partial charge in [-0.25, -0.2) is 0 Å². The highest BCUT2D eigenvalue weighted by atomic mass is 35.6. The van der Waals surface area contributed by atoms with Crippen LogP contribution in [0.2, 0.25) is 5.02 Å². The molecule has 1 atom stereocenters. The van der Waals surface area contributed by atoms with Crippen LogP contribution < -0.4 is 16.0 Å². The lowest BCUT2D eigenvalue weighted by molar-refractivity contribution is -0.137. The summed E-state index contributed by atoms with van der Waals surface area (Å²) in [5.74, 6) is -0.364. The van der Waals surface area contributed by atoms with Crippen molar-refractivity contribution in [1.29, 1.82) is 0 Å². The van der Waals surface area contributed by atoms with Crippen molar-refractivity contribution in [3.05, 3.63) is 28.8 Å². The average molecular weight is 499 g/mol. The second-order valence-electron chi connectivity index (χ2n) is 5.79. The number of benzene rings is 1. The fourth-order valence-electron chi connectivity index (χ4n) is 2.06. The summed E-state index contributed by atoms with van der Waals surface area (Å²) in [6.45, 7) is 1.99. The quantitative estimate of drug-likeness (QED) is 0.186.